The molecular formula is C12H13Cl2NO4. The van der Waals surface area contributed by atoms with Crippen molar-refractivity contribution in [3.05, 3.63) is 28.2 Å². The van der Waals surface area contributed by atoms with E-state index < -0.39 is 5.97 Å². The fraction of sp³-hybridized carbons (Fsp3) is 0.333. The van der Waals surface area contributed by atoms with Gasteiger partial charge < -0.3 is 15.2 Å². The third kappa shape index (κ3) is 6.31. The first-order valence-corrected chi connectivity index (χ1v) is 6.31. The minimum absolute atomic E-state index is 0.0180. The Morgan fingerprint density at radius 2 is 2.05 bits per heavy atom. The summed E-state index contributed by atoms with van der Waals surface area (Å²) < 4.78 is 5.21. The average Bonchev–Trinajstić information content (AvgIpc) is 2.33. The molecule has 0 unspecified atom stereocenters. The summed E-state index contributed by atoms with van der Waals surface area (Å²) in [5, 5.41) is 11.8. The van der Waals surface area contributed by atoms with E-state index in [1.54, 1.807) is 12.1 Å². The molecular weight excluding hydrogens is 293 g/mol. The van der Waals surface area contributed by atoms with Gasteiger partial charge in [-0.25, -0.2) is 0 Å². The number of hydrogen-bond acceptors (Lipinski definition) is 3. The summed E-state index contributed by atoms with van der Waals surface area (Å²) in [6.45, 7) is 0.108. The highest BCUT2D eigenvalue weighted by Gasteiger charge is 2.06. The molecule has 7 heteroatoms. The van der Waals surface area contributed by atoms with Crippen LogP contribution in [-0.2, 0) is 9.59 Å². The topological polar surface area (TPSA) is 75.6 Å². The van der Waals surface area contributed by atoms with E-state index in [9.17, 15) is 9.59 Å². The maximum absolute atomic E-state index is 11.4. The van der Waals surface area contributed by atoms with E-state index in [1.807, 2.05) is 0 Å². The van der Waals surface area contributed by atoms with Crippen LogP contribution >= 0.6 is 23.2 Å². The summed E-state index contributed by atoms with van der Waals surface area (Å²) in [5.74, 6) is -0.860. The Morgan fingerprint density at radius 3 is 2.68 bits per heavy atom. The third-order valence-electron chi connectivity index (χ3n) is 2.14. The van der Waals surface area contributed by atoms with E-state index in [1.165, 1.54) is 6.07 Å². The van der Waals surface area contributed by atoms with Gasteiger partial charge in [-0.2, -0.15) is 0 Å². The van der Waals surface area contributed by atoms with Crippen molar-refractivity contribution in [3.63, 3.8) is 0 Å². The minimum atomic E-state index is -0.890. The van der Waals surface area contributed by atoms with Crippen molar-refractivity contribution in [1.29, 1.82) is 0 Å². The zero-order chi connectivity index (χ0) is 14.3. The molecule has 1 amide bonds. The number of carbonyl (C=O) groups is 2. The van der Waals surface area contributed by atoms with Gasteiger partial charge in [0.1, 0.15) is 5.75 Å². The molecule has 0 saturated heterocycles. The number of benzene rings is 1. The Morgan fingerprint density at radius 1 is 1.32 bits per heavy atom. The van der Waals surface area contributed by atoms with E-state index >= 15 is 0 Å². The van der Waals surface area contributed by atoms with Gasteiger partial charge in [0.25, 0.3) is 5.91 Å². The average molecular weight is 306 g/mol. The van der Waals surface area contributed by atoms with Crippen molar-refractivity contribution >= 4 is 35.1 Å². The molecule has 0 saturated carbocycles. The first-order valence-electron chi connectivity index (χ1n) is 5.55. The first-order chi connectivity index (χ1) is 8.99. The van der Waals surface area contributed by atoms with E-state index in [0.717, 1.165) is 0 Å². The predicted octanol–water partition coefficient (Wildman–Crippen LogP) is 2.35. The predicted molar refractivity (Wildman–Crippen MR) is 71.8 cm³/mol. The molecule has 0 aromatic heterocycles. The summed E-state index contributed by atoms with van der Waals surface area (Å²) in [6.07, 6.45) is 0.396. The fourth-order valence-corrected chi connectivity index (χ4v) is 1.72. The van der Waals surface area contributed by atoms with Crippen molar-refractivity contribution in [3.8, 4) is 5.75 Å². The lowest BCUT2D eigenvalue weighted by Crippen LogP contribution is -2.30. The molecule has 0 aliphatic rings. The smallest absolute Gasteiger partial charge is 0.303 e. The van der Waals surface area contributed by atoms with E-state index in [4.69, 9.17) is 33.0 Å². The van der Waals surface area contributed by atoms with Crippen LogP contribution < -0.4 is 10.1 Å². The Hall–Kier alpha value is -1.46. The van der Waals surface area contributed by atoms with Crippen LogP contribution in [0.5, 0.6) is 5.75 Å². The summed E-state index contributed by atoms with van der Waals surface area (Å²) in [5.41, 5.74) is 0. The highest BCUT2D eigenvalue weighted by molar-refractivity contribution is 6.35. The van der Waals surface area contributed by atoms with Gasteiger partial charge in [-0.05, 0) is 24.6 Å². The summed E-state index contributed by atoms with van der Waals surface area (Å²) in [4.78, 5) is 21.6. The van der Waals surface area contributed by atoms with Crippen molar-refractivity contribution in [1.82, 2.24) is 5.32 Å². The first kappa shape index (κ1) is 15.6. The zero-order valence-electron chi connectivity index (χ0n) is 9.99. The lowest BCUT2D eigenvalue weighted by Gasteiger charge is -2.08. The van der Waals surface area contributed by atoms with Crippen LogP contribution in [0.2, 0.25) is 10.0 Å². The molecule has 0 spiro atoms. The van der Waals surface area contributed by atoms with Crippen molar-refractivity contribution < 1.29 is 19.4 Å². The van der Waals surface area contributed by atoms with Gasteiger partial charge in [0.15, 0.2) is 6.61 Å². The largest absolute Gasteiger partial charge is 0.482 e. The molecule has 0 atom stereocenters. The minimum Gasteiger partial charge on any atom is -0.482 e. The number of carbonyl (C=O) groups excluding carboxylic acids is 1. The Kier molecular flexibility index (Phi) is 6.45. The van der Waals surface area contributed by atoms with Crippen LogP contribution in [-0.4, -0.2) is 30.1 Å². The lowest BCUT2D eigenvalue weighted by molar-refractivity contribution is -0.137. The molecule has 0 bridgehead atoms. The van der Waals surface area contributed by atoms with Crippen molar-refractivity contribution in [2.75, 3.05) is 13.2 Å². The van der Waals surface area contributed by atoms with Crippen LogP contribution in [0.25, 0.3) is 0 Å². The number of carboxylic acids is 1. The Bertz CT molecular complexity index is 465. The normalized spacial score (nSPS) is 10.0. The molecule has 0 aliphatic heterocycles. The van der Waals surface area contributed by atoms with Crippen molar-refractivity contribution in [2.24, 2.45) is 0 Å². The number of hydrogen-bond donors (Lipinski definition) is 2. The van der Waals surface area contributed by atoms with Gasteiger partial charge >= 0.3 is 5.97 Å². The number of carboxylic acid groups (broad SMARTS) is 1. The molecule has 0 fully saturated rings. The van der Waals surface area contributed by atoms with Gasteiger partial charge in [-0.3, -0.25) is 9.59 Å². The zero-order valence-corrected chi connectivity index (χ0v) is 11.5. The highest BCUT2D eigenvalue weighted by Crippen LogP contribution is 2.27. The molecule has 1 aromatic carbocycles. The SMILES string of the molecule is O=C(O)CCCNC(=O)COc1ccc(Cl)cc1Cl. The second kappa shape index (κ2) is 7.86. The number of halogens is 2. The molecule has 19 heavy (non-hydrogen) atoms. The maximum atomic E-state index is 11.4. The van der Waals surface area contributed by atoms with Gasteiger partial charge in [0.05, 0.1) is 5.02 Å². The van der Waals surface area contributed by atoms with Gasteiger partial charge in [-0.1, -0.05) is 23.2 Å². The number of rotatable bonds is 7. The summed E-state index contributed by atoms with van der Waals surface area (Å²) in [6, 6.07) is 4.69. The monoisotopic (exact) mass is 305 g/mol. The van der Waals surface area contributed by atoms with Crippen LogP contribution in [0.3, 0.4) is 0 Å². The summed E-state index contributed by atoms with van der Waals surface area (Å²) in [7, 11) is 0. The van der Waals surface area contributed by atoms with E-state index in [-0.39, 0.29) is 18.9 Å². The highest BCUT2D eigenvalue weighted by atomic mass is 35.5. The Balaban J connectivity index is 2.28. The van der Waals surface area contributed by atoms with Gasteiger partial charge in [0.2, 0.25) is 0 Å². The maximum Gasteiger partial charge on any atom is 0.303 e. The Labute approximate surface area is 120 Å². The van der Waals surface area contributed by atoms with Crippen LogP contribution in [0.4, 0.5) is 0 Å². The van der Waals surface area contributed by atoms with Crippen LogP contribution in [0.15, 0.2) is 18.2 Å². The molecule has 0 heterocycles. The third-order valence-corrected chi connectivity index (χ3v) is 2.67. The second-order valence-corrected chi connectivity index (χ2v) is 4.55. The van der Waals surface area contributed by atoms with E-state index in [2.05, 4.69) is 5.32 Å². The number of amides is 1. The van der Waals surface area contributed by atoms with E-state index in [0.29, 0.717) is 28.8 Å². The standard InChI is InChI=1S/C12H13Cl2NO4/c13-8-3-4-10(9(14)6-8)19-7-11(16)15-5-1-2-12(17)18/h3-4,6H,1-2,5,7H2,(H,15,16)(H,17,18). The molecule has 2 N–H and O–H groups in total. The number of nitrogens with one attached hydrogen (secondary N) is 1. The quantitative estimate of drug-likeness (QED) is 0.758. The molecule has 1 aromatic rings. The number of aliphatic carboxylic acids is 1. The van der Waals surface area contributed by atoms with Gasteiger partial charge in [-0.15, -0.1) is 0 Å². The fourth-order valence-electron chi connectivity index (χ4n) is 1.25. The number of ether oxygens (including phenoxy) is 1. The molecule has 5 nitrogen and oxygen atoms in total. The molecule has 0 aliphatic carbocycles. The van der Waals surface area contributed by atoms with Crippen LogP contribution in [0.1, 0.15) is 12.8 Å². The second-order valence-electron chi connectivity index (χ2n) is 3.71. The molecule has 0 radical (unpaired) electrons. The van der Waals surface area contributed by atoms with Gasteiger partial charge in [0, 0.05) is 18.0 Å². The molecule has 1 rings (SSSR count). The summed E-state index contributed by atoms with van der Waals surface area (Å²) >= 11 is 11.6. The van der Waals surface area contributed by atoms with Crippen molar-refractivity contribution in [2.45, 2.75) is 12.8 Å². The lowest BCUT2D eigenvalue weighted by atomic mass is 10.3. The van der Waals surface area contributed by atoms with Crippen LogP contribution in [0, 0.1) is 0 Å². The molecule has 104 valence electrons.